The summed E-state index contributed by atoms with van der Waals surface area (Å²) in [7, 11) is -4.64. The van der Waals surface area contributed by atoms with E-state index in [2.05, 4.69) is 31.1 Å². The zero-order valence-electron chi connectivity index (χ0n) is 24.0. The van der Waals surface area contributed by atoms with Crippen LogP contribution >= 0.6 is 11.3 Å². The maximum absolute atomic E-state index is 12.9. The van der Waals surface area contributed by atoms with Gasteiger partial charge in [-0.3, -0.25) is 29.4 Å². The maximum Gasteiger partial charge on any atom is 0.409 e. The molecule has 6 amide bonds. The van der Waals surface area contributed by atoms with Crippen LogP contribution in [0.5, 0.6) is 5.75 Å². The van der Waals surface area contributed by atoms with E-state index in [1.54, 1.807) is 4.72 Å². The van der Waals surface area contributed by atoms with Crippen molar-refractivity contribution >= 4 is 68.0 Å². The van der Waals surface area contributed by atoms with Gasteiger partial charge in [-0.05, 0) is 13.8 Å². The van der Waals surface area contributed by atoms with Crippen molar-refractivity contribution in [1.82, 2.24) is 35.5 Å². The third kappa shape index (κ3) is 7.90. The number of pyridine rings is 1. The number of sulfonamides is 1. The van der Waals surface area contributed by atoms with Crippen LogP contribution in [0.3, 0.4) is 0 Å². The predicted molar refractivity (Wildman–Crippen MR) is 155 cm³/mol. The van der Waals surface area contributed by atoms with Crippen molar-refractivity contribution in [1.29, 1.82) is 0 Å². The van der Waals surface area contributed by atoms with Crippen LogP contribution in [0.2, 0.25) is 0 Å². The first-order chi connectivity index (χ1) is 21.9. The molecule has 0 saturated carbocycles. The number of amides is 6. The van der Waals surface area contributed by atoms with E-state index in [0.29, 0.717) is 4.90 Å². The number of nitrogens with one attached hydrogen (secondary N) is 5. The molecule has 4 rings (SSSR count). The molecule has 0 bridgehead atoms. The Hall–Kier alpha value is -5.78. The highest BCUT2D eigenvalue weighted by molar-refractivity contribution is 7.90. The van der Waals surface area contributed by atoms with Gasteiger partial charge in [-0.25, -0.2) is 32.5 Å². The topological polar surface area (TPSA) is 331 Å². The number of nitrogens with two attached hydrogens (primary N) is 1. The molecule has 22 nitrogen and oxygen atoms in total. The smallest absolute Gasteiger partial charge is 0.409 e. The number of carbonyl (C=O) groups excluding carboxylic acids is 5. The number of carboxylic acids is 1. The molecule has 0 aromatic carbocycles. The number of hydrogen-bond acceptors (Lipinski definition) is 16. The number of carboxylic acid groups (broad SMARTS) is 1. The summed E-state index contributed by atoms with van der Waals surface area (Å²) >= 11 is 0.928. The normalized spacial score (nSPS) is 19.6. The van der Waals surface area contributed by atoms with E-state index in [0.717, 1.165) is 37.4 Å². The van der Waals surface area contributed by atoms with Crippen LogP contribution in [-0.4, -0.2) is 111 Å². The van der Waals surface area contributed by atoms with Gasteiger partial charge in [-0.2, -0.15) is 0 Å². The highest BCUT2D eigenvalue weighted by atomic mass is 32.2. The second-order valence-corrected chi connectivity index (χ2v) is 12.9. The van der Waals surface area contributed by atoms with Gasteiger partial charge in [-0.1, -0.05) is 5.16 Å². The number of carbonyl (C=O) groups is 6. The molecule has 9 N–H and O–H groups in total. The number of likely N-dealkylation sites (tertiary alicyclic amines) is 1. The van der Waals surface area contributed by atoms with E-state index in [1.165, 1.54) is 5.38 Å². The third-order valence-corrected chi connectivity index (χ3v) is 8.22. The highest BCUT2D eigenvalue weighted by Gasteiger charge is 2.45. The Bertz CT molecular complexity index is 1850. The molecule has 2 aromatic heterocycles. The number of nitrogens with zero attached hydrogens (tertiary/aromatic N) is 3. The van der Waals surface area contributed by atoms with Crippen molar-refractivity contribution < 1.29 is 57.0 Å². The monoisotopic (exact) mass is 699 g/mol. The van der Waals surface area contributed by atoms with E-state index in [-0.39, 0.29) is 16.5 Å². The summed E-state index contributed by atoms with van der Waals surface area (Å²) in [5, 5.41) is 30.1. The largest absolute Gasteiger partial charge is 0.503 e. The van der Waals surface area contributed by atoms with E-state index in [4.69, 9.17) is 15.3 Å². The minimum Gasteiger partial charge on any atom is -0.503 e. The lowest BCUT2D eigenvalue weighted by Gasteiger charge is -2.36. The number of urea groups is 1. The molecule has 0 spiro atoms. The van der Waals surface area contributed by atoms with Crippen LogP contribution in [0.4, 0.5) is 14.7 Å². The molecular formula is C23H25N9O13S2. The molecule has 252 valence electrons. The first kappa shape index (κ1) is 34.1. The standard InChI is InChI=1S/C23H25N9O13S2/c1-23(2,19(38)39)45-30-14(10-6-46-20(24)27-10)17(36)26-9-5-32(18(9)37)21(40)31-47(42,43)7-13-15(29-22(41)44-13)28-16(35)8-3-11(33)12(34)4-25-8/h3-4,6,9,13,15,34H,5,7H2,1-2H3,(H2,24,27)(H,25,33)(H,26,36)(H,28,35)(H,29,41)(H,31,40)(H,38,39). The molecule has 47 heavy (non-hydrogen) atoms. The molecule has 2 aliphatic heterocycles. The van der Waals surface area contributed by atoms with Crippen molar-refractivity contribution in [3.63, 3.8) is 0 Å². The fourth-order valence-electron chi connectivity index (χ4n) is 3.72. The van der Waals surface area contributed by atoms with Crippen molar-refractivity contribution in [3.05, 3.63) is 39.3 Å². The molecule has 0 radical (unpaired) electrons. The van der Waals surface area contributed by atoms with Crippen molar-refractivity contribution in [2.45, 2.75) is 37.8 Å². The summed E-state index contributed by atoms with van der Waals surface area (Å²) in [4.78, 5) is 97.0. The van der Waals surface area contributed by atoms with Crippen LogP contribution in [-0.2, 0) is 34.0 Å². The second kappa shape index (κ2) is 12.9. The first-order valence-corrected chi connectivity index (χ1v) is 15.5. The van der Waals surface area contributed by atoms with Gasteiger partial charge in [0, 0.05) is 17.6 Å². The average molecular weight is 700 g/mol. The van der Waals surface area contributed by atoms with Gasteiger partial charge in [0.05, 0.1) is 6.54 Å². The number of cyclic esters (lactones) is 1. The van der Waals surface area contributed by atoms with E-state index < -0.39 is 98.9 Å². The lowest BCUT2D eigenvalue weighted by atomic mass is 10.1. The fourth-order valence-corrected chi connectivity index (χ4v) is 5.42. The van der Waals surface area contributed by atoms with E-state index in [9.17, 15) is 52.2 Å². The number of imide groups is 1. The van der Waals surface area contributed by atoms with Crippen LogP contribution < -0.4 is 31.8 Å². The molecule has 3 unspecified atom stereocenters. The Balaban J connectivity index is 1.35. The van der Waals surface area contributed by atoms with Crippen LogP contribution in [0.15, 0.2) is 27.6 Å². The van der Waals surface area contributed by atoms with Gasteiger partial charge in [0.25, 0.3) is 17.7 Å². The first-order valence-electron chi connectivity index (χ1n) is 12.9. The molecule has 2 fully saturated rings. The fraction of sp³-hybridized carbons (Fsp3) is 0.348. The Morgan fingerprint density at radius 1 is 1.26 bits per heavy atom. The van der Waals surface area contributed by atoms with Gasteiger partial charge in [-0.15, -0.1) is 11.3 Å². The SMILES string of the molecule is CC(C)(ON=C(C(=O)NC1CN(C(=O)NS(=O)(=O)CC2OC(=O)NC2NC(=O)c2cc(=O)c(O)c[nH]2)C1=O)c1csc(N)n1)C(=O)O. The van der Waals surface area contributed by atoms with Gasteiger partial charge in [0.15, 0.2) is 22.7 Å². The Labute approximate surface area is 266 Å². The number of β-lactam (4-membered cyclic amide) rings is 1. The summed E-state index contributed by atoms with van der Waals surface area (Å²) in [6, 6.07) is -1.99. The number of anilines is 1. The number of aromatic nitrogens is 2. The van der Waals surface area contributed by atoms with Gasteiger partial charge >= 0.3 is 18.1 Å². The number of rotatable bonds is 11. The van der Waals surface area contributed by atoms with E-state index >= 15 is 0 Å². The predicted octanol–water partition coefficient (Wildman–Crippen LogP) is -3.07. The number of H-pyrrole nitrogens is 1. The van der Waals surface area contributed by atoms with Crippen molar-refractivity contribution in [3.8, 4) is 5.75 Å². The molecule has 4 heterocycles. The van der Waals surface area contributed by atoms with Crippen molar-refractivity contribution in [2.75, 3.05) is 18.0 Å². The summed E-state index contributed by atoms with van der Waals surface area (Å²) in [6.45, 7) is 1.82. The molecular weight excluding hydrogens is 674 g/mol. The number of aromatic hydroxyl groups is 1. The molecule has 2 saturated heterocycles. The number of oxime groups is 1. The summed E-state index contributed by atoms with van der Waals surface area (Å²) in [5.41, 5.74) is 1.86. The van der Waals surface area contributed by atoms with Crippen LogP contribution in [0.25, 0.3) is 0 Å². The highest BCUT2D eigenvalue weighted by Crippen LogP contribution is 2.17. The Morgan fingerprint density at radius 2 is 1.96 bits per heavy atom. The van der Waals surface area contributed by atoms with Gasteiger partial charge in [0.2, 0.25) is 21.1 Å². The Kier molecular flexibility index (Phi) is 9.37. The number of ether oxygens (including phenoxy) is 1. The number of alkyl carbamates (subject to hydrolysis) is 1. The van der Waals surface area contributed by atoms with Crippen molar-refractivity contribution in [2.24, 2.45) is 5.16 Å². The number of nitrogen functional groups attached to an aromatic ring is 1. The quantitative estimate of drug-likeness (QED) is 0.0655. The van der Waals surface area contributed by atoms with Crippen LogP contribution in [0, 0.1) is 0 Å². The number of hydrogen-bond donors (Lipinski definition) is 8. The summed E-state index contributed by atoms with van der Waals surface area (Å²) < 4.78 is 31.9. The lowest BCUT2D eigenvalue weighted by Crippen LogP contribution is -2.68. The second-order valence-electron chi connectivity index (χ2n) is 10.2. The average Bonchev–Trinajstić information content (AvgIpc) is 3.54. The summed E-state index contributed by atoms with van der Waals surface area (Å²) in [5.74, 6) is -6.20. The molecule has 2 aliphatic rings. The number of thiazole rings is 1. The molecule has 2 aromatic rings. The molecule has 0 aliphatic carbocycles. The van der Waals surface area contributed by atoms with Crippen LogP contribution in [0.1, 0.15) is 30.0 Å². The zero-order chi connectivity index (χ0) is 34.8. The summed E-state index contributed by atoms with van der Waals surface area (Å²) in [6.07, 6.45) is -3.30. The van der Waals surface area contributed by atoms with E-state index in [1.807, 2.05) is 0 Å². The lowest BCUT2D eigenvalue weighted by molar-refractivity contribution is -0.161. The molecule has 24 heteroatoms. The third-order valence-electron chi connectivity index (χ3n) is 6.29. The number of aliphatic carboxylic acids is 1. The van der Waals surface area contributed by atoms with Gasteiger partial charge < -0.3 is 41.1 Å². The molecule has 3 atom stereocenters. The maximum atomic E-state index is 12.9. The Morgan fingerprint density at radius 3 is 2.55 bits per heavy atom. The minimum atomic E-state index is -4.64. The minimum absolute atomic E-state index is 0.0345. The van der Waals surface area contributed by atoms with Gasteiger partial charge in [0.1, 0.15) is 29.3 Å². The zero-order valence-corrected chi connectivity index (χ0v) is 25.6. The number of aromatic amines is 1.